The number of benzene rings is 2. The number of hydrogen-bond donors (Lipinski definition) is 1. The predicted molar refractivity (Wildman–Crippen MR) is 106 cm³/mol. The van der Waals surface area contributed by atoms with Gasteiger partial charge in [0.25, 0.3) is 0 Å². The smallest absolute Gasteiger partial charge is 0.216 e. The Morgan fingerprint density at radius 2 is 1.96 bits per heavy atom. The van der Waals surface area contributed by atoms with Crippen molar-refractivity contribution in [3.63, 3.8) is 0 Å². The van der Waals surface area contributed by atoms with Gasteiger partial charge in [-0.05, 0) is 51.3 Å². The number of carbonyl (C=O) groups excluding carboxylic acids is 1. The van der Waals surface area contributed by atoms with Crippen LogP contribution in [0.5, 0.6) is 11.5 Å². The van der Waals surface area contributed by atoms with E-state index in [1.807, 2.05) is 0 Å². The second-order valence-corrected chi connectivity index (χ2v) is 6.58. The summed E-state index contributed by atoms with van der Waals surface area (Å²) in [5, 5.41) is 0. The molecule has 28 heavy (non-hydrogen) atoms. The number of hydrogen-bond acceptors (Lipinski definition) is 4. The van der Waals surface area contributed by atoms with E-state index in [4.69, 9.17) is 15.2 Å². The molecule has 0 spiro atoms. The molecule has 0 aliphatic heterocycles. The Kier molecular flexibility index (Phi) is 7.74. The average Bonchev–Trinajstić information content (AvgIpc) is 2.71. The van der Waals surface area contributed by atoms with Crippen LogP contribution in [0.15, 0.2) is 45.9 Å². The third kappa shape index (κ3) is 5.19. The topological polar surface area (TPSA) is 77.2 Å². The van der Waals surface area contributed by atoms with Crippen LogP contribution >= 0.6 is 15.9 Å². The summed E-state index contributed by atoms with van der Waals surface area (Å²) >= 11 is 3.16. The fraction of sp³-hybridized carbons (Fsp3) is 0.263. The maximum atomic E-state index is 13.7. The quantitative estimate of drug-likeness (QED) is 0.375. The lowest BCUT2D eigenvalue weighted by Crippen LogP contribution is -2.33. The molecule has 2 rings (SSSR count). The largest absolute Gasteiger partial charge is 0.493 e. The summed E-state index contributed by atoms with van der Waals surface area (Å²) in [4.78, 5) is 16.5. The lowest BCUT2D eigenvalue weighted by molar-refractivity contribution is -0.114. The van der Waals surface area contributed by atoms with Crippen molar-refractivity contribution >= 4 is 28.3 Å². The van der Waals surface area contributed by atoms with E-state index < -0.39 is 18.5 Å². The SMILES string of the molecule is COc1cc(C(N=C(N)N(C)C=O)c2ccc(F)c(Br)c2)ccc1OCCF. The molecule has 0 heterocycles. The van der Waals surface area contributed by atoms with E-state index in [-0.39, 0.29) is 17.0 Å². The summed E-state index contributed by atoms with van der Waals surface area (Å²) in [6, 6.07) is 8.83. The number of alkyl halides is 1. The lowest BCUT2D eigenvalue weighted by Gasteiger charge is -2.19. The zero-order valence-electron chi connectivity index (χ0n) is 15.4. The minimum atomic E-state index is -0.650. The number of nitrogens with two attached hydrogens (primary N) is 1. The molecular weight excluding hydrogens is 436 g/mol. The van der Waals surface area contributed by atoms with E-state index in [0.717, 1.165) is 4.90 Å². The van der Waals surface area contributed by atoms with Crippen LogP contribution in [0.4, 0.5) is 8.78 Å². The van der Waals surface area contributed by atoms with Gasteiger partial charge in [-0.1, -0.05) is 12.1 Å². The molecule has 2 N–H and O–H groups in total. The van der Waals surface area contributed by atoms with Gasteiger partial charge in [0.05, 0.1) is 11.6 Å². The second-order valence-electron chi connectivity index (χ2n) is 5.73. The van der Waals surface area contributed by atoms with Gasteiger partial charge >= 0.3 is 0 Å². The molecule has 0 radical (unpaired) electrons. The van der Waals surface area contributed by atoms with E-state index in [1.54, 1.807) is 30.3 Å². The number of amides is 1. The number of rotatable bonds is 8. The molecule has 0 bridgehead atoms. The minimum Gasteiger partial charge on any atom is -0.493 e. The van der Waals surface area contributed by atoms with Crippen molar-refractivity contribution in [1.82, 2.24) is 4.90 Å². The van der Waals surface area contributed by atoms with E-state index in [1.165, 1.54) is 20.2 Å². The van der Waals surface area contributed by atoms with Gasteiger partial charge < -0.3 is 15.2 Å². The van der Waals surface area contributed by atoms with Gasteiger partial charge in [-0.2, -0.15) is 0 Å². The predicted octanol–water partition coefficient (Wildman–Crippen LogP) is 3.44. The number of carbonyl (C=O) groups is 1. The van der Waals surface area contributed by atoms with Gasteiger partial charge in [0.1, 0.15) is 25.1 Å². The Morgan fingerprint density at radius 1 is 1.29 bits per heavy atom. The third-order valence-electron chi connectivity index (χ3n) is 3.88. The highest BCUT2D eigenvalue weighted by Crippen LogP contribution is 2.35. The summed E-state index contributed by atoms with van der Waals surface area (Å²) in [6.07, 6.45) is 0.533. The first-order chi connectivity index (χ1) is 13.4. The monoisotopic (exact) mass is 455 g/mol. The van der Waals surface area contributed by atoms with Crippen LogP contribution in [0.25, 0.3) is 0 Å². The zero-order chi connectivity index (χ0) is 20.7. The number of guanidine groups is 1. The number of methoxy groups -OCH3 is 1. The summed E-state index contributed by atoms with van der Waals surface area (Å²) in [6.45, 7) is -0.727. The molecule has 0 saturated carbocycles. The molecule has 0 aromatic heterocycles. The third-order valence-corrected chi connectivity index (χ3v) is 4.49. The van der Waals surface area contributed by atoms with Crippen molar-refractivity contribution in [1.29, 1.82) is 0 Å². The Hall–Kier alpha value is -2.68. The summed E-state index contributed by atoms with van der Waals surface area (Å²) in [5.41, 5.74) is 7.19. The standard InChI is InChI=1S/C19H20BrF2N3O3/c1-25(11-26)19(23)24-18(12-3-5-15(22)14(20)9-12)13-4-6-16(28-8-7-21)17(10-13)27-2/h3-6,9-11,18H,7-8H2,1-2H3,(H2,23,24). The molecule has 0 aliphatic rings. The molecule has 1 amide bonds. The van der Waals surface area contributed by atoms with Gasteiger partial charge in [-0.15, -0.1) is 0 Å². The molecule has 0 saturated heterocycles. The highest BCUT2D eigenvalue weighted by Gasteiger charge is 2.19. The van der Waals surface area contributed by atoms with E-state index >= 15 is 0 Å². The molecule has 2 aromatic rings. The molecule has 1 atom stereocenters. The zero-order valence-corrected chi connectivity index (χ0v) is 16.9. The molecular formula is C19H20BrF2N3O3. The molecule has 150 valence electrons. The maximum absolute atomic E-state index is 13.7. The van der Waals surface area contributed by atoms with Crippen LogP contribution in [0, 0.1) is 5.82 Å². The molecule has 0 aliphatic carbocycles. The molecule has 1 unspecified atom stereocenters. The molecule has 6 nitrogen and oxygen atoms in total. The highest BCUT2D eigenvalue weighted by molar-refractivity contribution is 9.10. The highest BCUT2D eigenvalue weighted by atomic mass is 79.9. The van der Waals surface area contributed by atoms with Crippen LogP contribution in [0.2, 0.25) is 0 Å². The number of halogens is 3. The van der Waals surface area contributed by atoms with Crippen molar-refractivity contribution in [2.75, 3.05) is 27.4 Å². The Bertz CT molecular complexity index is 864. The van der Waals surface area contributed by atoms with Crippen molar-refractivity contribution in [2.24, 2.45) is 10.7 Å². The van der Waals surface area contributed by atoms with Crippen molar-refractivity contribution < 1.29 is 23.0 Å². The summed E-state index contributed by atoms with van der Waals surface area (Å²) in [7, 11) is 2.93. The van der Waals surface area contributed by atoms with Crippen LogP contribution in [-0.4, -0.2) is 44.7 Å². The Labute approximate surface area is 170 Å². The van der Waals surface area contributed by atoms with Crippen molar-refractivity contribution in [3.8, 4) is 11.5 Å². The molecule has 9 heteroatoms. The minimum absolute atomic E-state index is 0.0165. The number of ether oxygens (including phenoxy) is 2. The van der Waals surface area contributed by atoms with Crippen LogP contribution in [0.1, 0.15) is 17.2 Å². The van der Waals surface area contributed by atoms with Gasteiger partial charge in [0.15, 0.2) is 17.5 Å². The number of aliphatic imine (C=N–C) groups is 1. The average molecular weight is 456 g/mol. The fourth-order valence-corrected chi connectivity index (χ4v) is 2.82. The normalized spacial score (nSPS) is 12.4. The Morgan fingerprint density at radius 3 is 2.57 bits per heavy atom. The molecule has 0 fully saturated rings. The first kappa shape index (κ1) is 21.6. The van der Waals surface area contributed by atoms with E-state index in [9.17, 15) is 13.6 Å². The van der Waals surface area contributed by atoms with Gasteiger partial charge in [0, 0.05) is 7.05 Å². The van der Waals surface area contributed by atoms with E-state index in [0.29, 0.717) is 29.0 Å². The maximum Gasteiger partial charge on any atom is 0.216 e. The van der Waals surface area contributed by atoms with Crippen LogP contribution in [-0.2, 0) is 4.79 Å². The Balaban J connectivity index is 2.54. The van der Waals surface area contributed by atoms with Crippen LogP contribution < -0.4 is 15.2 Å². The number of nitrogens with zero attached hydrogens (tertiary/aromatic N) is 2. The first-order valence-electron chi connectivity index (χ1n) is 8.24. The fourth-order valence-electron chi connectivity index (χ4n) is 2.42. The van der Waals surface area contributed by atoms with Crippen molar-refractivity contribution in [2.45, 2.75) is 6.04 Å². The van der Waals surface area contributed by atoms with Crippen molar-refractivity contribution in [3.05, 3.63) is 57.8 Å². The summed E-state index contributed by atoms with van der Waals surface area (Å²) < 4.78 is 37.0. The molecule has 2 aromatic carbocycles. The van der Waals surface area contributed by atoms with Gasteiger partial charge in [-0.3, -0.25) is 9.69 Å². The lowest BCUT2D eigenvalue weighted by atomic mass is 9.98. The van der Waals surface area contributed by atoms with Gasteiger partial charge in [-0.25, -0.2) is 13.8 Å². The first-order valence-corrected chi connectivity index (χ1v) is 9.03. The van der Waals surface area contributed by atoms with Crippen LogP contribution in [0.3, 0.4) is 0 Å². The second kappa shape index (κ2) is 10.0. The summed E-state index contributed by atoms with van der Waals surface area (Å²) in [5.74, 6) is 0.328. The van der Waals surface area contributed by atoms with Gasteiger partial charge in [0.2, 0.25) is 6.41 Å². The van der Waals surface area contributed by atoms with E-state index in [2.05, 4.69) is 20.9 Å².